The fourth-order valence-electron chi connectivity index (χ4n) is 2.92. The van der Waals surface area contributed by atoms with E-state index in [1.165, 1.54) is 26.2 Å². The zero-order chi connectivity index (χ0) is 17.6. The first-order valence-corrected chi connectivity index (χ1v) is 9.84. The number of aromatic nitrogens is 1. The van der Waals surface area contributed by atoms with Crippen LogP contribution in [0.1, 0.15) is 16.4 Å². The van der Waals surface area contributed by atoms with Crippen LogP contribution < -0.4 is 15.5 Å². The highest BCUT2D eigenvalue weighted by molar-refractivity contribution is 7.80. The monoisotopic (exact) mass is 373 g/mol. The second-order valence-electron chi connectivity index (χ2n) is 6.45. The summed E-state index contributed by atoms with van der Waals surface area (Å²) in [5, 5.41) is 10.8. The molecule has 3 rings (SSSR count). The SMILES string of the molecule is C[NH+](C)CCNC(=S)NC[C@H](c1cccs1)c1c[nH]c2ccccc12. The first-order valence-electron chi connectivity index (χ1n) is 8.55. The lowest BCUT2D eigenvalue weighted by Crippen LogP contribution is -3.06. The van der Waals surface area contributed by atoms with Gasteiger partial charge in [-0.2, -0.15) is 0 Å². The van der Waals surface area contributed by atoms with E-state index in [2.05, 4.69) is 77.7 Å². The van der Waals surface area contributed by atoms with Crippen molar-refractivity contribution in [3.63, 3.8) is 0 Å². The molecule has 1 aromatic carbocycles. The van der Waals surface area contributed by atoms with Crippen molar-refractivity contribution >= 4 is 39.6 Å². The summed E-state index contributed by atoms with van der Waals surface area (Å²) in [5.41, 5.74) is 2.49. The van der Waals surface area contributed by atoms with Crippen LogP contribution in [0.4, 0.5) is 0 Å². The van der Waals surface area contributed by atoms with Crippen molar-refractivity contribution in [2.75, 3.05) is 33.7 Å². The molecule has 2 heterocycles. The average molecular weight is 374 g/mol. The number of quaternary nitrogens is 1. The van der Waals surface area contributed by atoms with E-state index in [1.807, 2.05) is 0 Å². The Bertz CT molecular complexity index is 808. The van der Waals surface area contributed by atoms with Gasteiger partial charge >= 0.3 is 0 Å². The molecule has 4 N–H and O–H groups in total. The van der Waals surface area contributed by atoms with E-state index in [1.54, 1.807) is 11.3 Å². The normalized spacial score (nSPS) is 12.4. The van der Waals surface area contributed by atoms with Crippen LogP contribution in [0.3, 0.4) is 0 Å². The Labute approximate surface area is 158 Å². The third-order valence-corrected chi connectivity index (χ3v) is 5.54. The van der Waals surface area contributed by atoms with Crippen molar-refractivity contribution in [2.45, 2.75) is 5.92 Å². The third kappa shape index (κ3) is 4.60. The molecular weight excluding hydrogens is 348 g/mol. The van der Waals surface area contributed by atoms with Crippen molar-refractivity contribution in [1.29, 1.82) is 0 Å². The highest BCUT2D eigenvalue weighted by atomic mass is 32.1. The molecule has 1 atom stereocenters. The maximum atomic E-state index is 5.44. The molecule has 0 radical (unpaired) electrons. The fraction of sp³-hybridized carbons (Fsp3) is 0.316. The molecule has 4 nitrogen and oxygen atoms in total. The van der Waals surface area contributed by atoms with E-state index in [0.29, 0.717) is 0 Å². The van der Waals surface area contributed by atoms with E-state index in [0.717, 1.165) is 24.7 Å². The standard InChI is InChI=1S/C19H24N4S2/c1-23(2)10-9-20-19(24)22-13-16(18-8-5-11-25-18)15-12-21-17-7-4-3-6-14(15)17/h3-8,11-12,16,21H,9-10,13H2,1-2H3,(H2,20,22,24)/p+1/t16-/m0/s1. The van der Waals surface area contributed by atoms with E-state index < -0.39 is 0 Å². The number of thiocarbonyl (C=S) groups is 1. The lowest BCUT2D eigenvalue weighted by Gasteiger charge is -2.18. The minimum Gasteiger partial charge on any atom is -0.362 e. The smallest absolute Gasteiger partial charge is 0.166 e. The Morgan fingerprint density at radius 1 is 1.20 bits per heavy atom. The van der Waals surface area contributed by atoms with Crippen molar-refractivity contribution in [1.82, 2.24) is 15.6 Å². The third-order valence-electron chi connectivity index (χ3n) is 4.26. The molecule has 6 heteroatoms. The highest BCUT2D eigenvalue weighted by Crippen LogP contribution is 2.32. The summed E-state index contributed by atoms with van der Waals surface area (Å²) < 4.78 is 0. The van der Waals surface area contributed by atoms with Crippen LogP contribution in [-0.4, -0.2) is 43.8 Å². The molecule has 0 fully saturated rings. The molecular formula is C19H25N4S2+. The Morgan fingerprint density at radius 3 is 2.80 bits per heavy atom. The summed E-state index contributed by atoms with van der Waals surface area (Å²) in [6.45, 7) is 2.70. The molecule has 0 saturated carbocycles. The molecule has 0 saturated heterocycles. The summed E-state index contributed by atoms with van der Waals surface area (Å²) in [4.78, 5) is 6.14. The molecule has 0 aliphatic carbocycles. The number of para-hydroxylation sites is 1. The zero-order valence-corrected chi connectivity index (χ0v) is 16.3. The number of H-pyrrole nitrogens is 1. The molecule has 0 amide bonds. The van der Waals surface area contributed by atoms with Crippen molar-refractivity contribution in [3.05, 3.63) is 58.4 Å². The lowest BCUT2D eigenvalue weighted by molar-refractivity contribution is -0.856. The Morgan fingerprint density at radius 2 is 2.04 bits per heavy atom. The first kappa shape index (κ1) is 17.9. The first-order chi connectivity index (χ1) is 12.1. The van der Waals surface area contributed by atoms with E-state index in [9.17, 15) is 0 Å². The van der Waals surface area contributed by atoms with Gasteiger partial charge < -0.3 is 20.5 Å². The van der Waals surface area contributed by atoms with Crippen molar-refractivity contribution in [2.24, 2.45) is 0 Å². The molecule has 25 heavy (non-hydrogen) atoms. The summed E-state index contributed by atoms with van der Waals surface area (Å²) in [7, 11) is 4.28. The van der Waals surface area contributed by atoms with Gasteiger partial charge in [-0.05, 0) is 35.3 Å². The Hall–Kier alpha value is -1.89. The van der Waals surface area contributed by atoms with Crippen LogP contribution >= 0.6 is 23.6 Å². The van der Waals surface area contributed by atoms with E-state index in [-0.39, 0.29) is 5.92 Å². The predicted molar refractivity (Wildman–Crippen MR) is 111 cm³/mol. The predicted octanol–water partition coefficient (Wildman–Crippen LogP) is 1.97. The number of fused-ring (bicyclic) bond motifs is 1. The molecule has 0 bridgehead atoms. The van der Waals surface area contributed by atoms with Gasteiger partial charge in [0.15, 0.2) is 5.11 Å². The van der Waals surface area contributed by atoms with Crippen LogP contribution in [0.2, 0.25) is 0 Å². The number of benzene rings is 1. The molecule has 0 aliphatic heterocycles. The quantitative estimate of drug-likeness (QED) is 0.479. The summed E-state index contributed by atoms with van der Waals surface area (Å²) >= 11 is 7.23. The molecule has 0 aliphatic rings. The van der Waals surface area contributed by atoms with Crippen LogP contribution in [-0.2, 0) is 0 Å². The number of nitrogens with one attached hydrogen (secondary N) is 4. The van der Waals surface area contributed by atoms with Crippen LogP contribution in [0.5, 0.6) is 0 Å². The van der Waals surface area contributed by atoms with Gasteiger partial charge in [0.25, 0.3) is 0 Å². The maximum Gasteiger partial charge on any atom is 0.166 e. The Balaban J connectivity index is 1.72. The molecule has 2 aromatic heterocycles. The molecule has 132 valence electrons. The van der Waals surface area contributed by atoms with Crippen LogP contribution in [0.25, 0.3) is 10.9 Å². The van der Waals surface area contributed by atoms with Gasteiger partial charge in [0.05, 0.1) is 27.2 Å². The van der Waals surface area contributed by atoms with Gasteiger partial charge in [-0.25, -0.2) is 0 Å². The maximum absolute atomic E-state index is 5.44. The second kappa shape index (κ2) is 8.47. The second-order valence-corrected chi connectivity index (χ2v) is 7.84. The number of thiophene rings is 1. The van der Waals surface area contributed by atoms with Crippen LogP contribution in [0, 0.1) is 0 Å². The number of likely N-dealkylation sites (N-methyl/N-ethyl adjacent to an activating group) is 1. The average Bonchev–Trinajstić information content (AvgIpc) is 3.25. The fourth-order valence-corrected chi connectivity index (χ4v) is 3.95. The van der Waals surface area contributed by atoms with E-state index in [4.69, 9.17) is 12.2 Å². The molecule has 3 aromatic rings. The molecule has 0 spiro atoms. The minimum atomic E-state index is 0.273. The minimum absolute atomic E-state index is 0.273. The lowest BCUT2D eigenvalue weighted by atomic mass is 9.97. The van der Waals surface area contributed by atoms with E-state index >= 15 is 0 Å². The zero-order valence-electron chi connectivity index (χ0n) is 14.6. The van der Waals surface area contributed by atoms with Crippen molar-refractivity contribution < 1.29 is 4.90 Å². The molecule has 0 unspecified atom stereocenters. The van der Waals surface area contributed by atoms with Gasteiger partial charge in [-0.3, -0.25) is 0 Å². The largest absolute Gasteiger partial charge is 0.362 e. The van der Waals surface area contributed by atoms with Gasteiger partial charge in [0.1, 0.15) is 0 Å². The number of hydrogen-bond acceptors (Lipinski definition) is 2. The number of rotatable bonds is 7. The Kier molecular flexibility index (Phi) is 6.07. The topological polar surface area (TPSA) is 44.3 Å². The summed E-state index contributed by atoms with van der Waals surface area (Å²) in [5.74, 6) is 0.273. The van der Waals surface area contributed by atoms with Gasteiger partial charge in [0.2, 0.25) is 0 Å². The van der Waals surface area contributed by atoms with Crippen LogP contribution in [0.15, 0.2) is 48.0 Å². The summed E-state index contributed by atoms with van der Waals surface area (Å²) in [6.07, 6.45) is 2.13. The highest BCUT2D eigenvalue weighted by Gasteiger charge is 2.19. The van der Waals surface area contributed by atoms with Gasteiger partial charge in [-0.15, -0.1) is 11.3 Å². The van der Waals surface area contributed by atoms with Gasteiger partial charge in [-0.1, -0.05) is 24.3 Å². The number of aromatic amines is 1. The van der Waals surface area contributed by atoms with Gasteiger partial charge in [0, 0.05) is 34.4 Å². The number of hydrogen-bond donors (Lipinski definition) is 4. The summed E-state index contributed by atoms with van der Waals surface area (Å²) in [6, 6.07) is 12.8. The van der Waals surface area contributed by atoms with Crippen molar-refractivity contribution in [3.8, 4) is 0 Å².